The van der Waals surface area contributed by atoms with Crippen molar-refractivity contribution in [2.24, 2.45) is 0 Å². The van der Waals surface area contributed by atoms with Crippen LogP contribution in [0.1, 0.15) is 43.5 Å². The molecule has 1 atom stereocenters. The van der Waals surface area contributed by atoms with E-state index in [2.05, 4.69) is 36.6 Å². The molecule has 34 heavy (non-hydrogen) atoms. The average molecular weight is 526 g/mol. The Bertz CT molecular complexity index is 1270. The van der Waals surface area contributed by atoms with Crippen molar-refractivity contribution < 1.29 is 14.3 Å². The Morgan fingerprint density at radius 2 is 1.94 bits per heavy atom. The lowest BCUT2D eigenvalue weighted by Crippen LogP contribution is -2.31. The maximum absolute atomic E-state index is 13.7. The van der Waals surface area contributed by atoms with E-state index in [1.807, 2.05) is 65.0 Å². The number of allylic oxidation sites excluding steroid dienone is 1. The van der Waals surface area contributed by atoms with E-state index in [1.165, 1.54) is 6.33 Å². The largest absolute Gasteiger partial charge is 0.490 e. The third-order valence-corrected chi connectivity index (χ3v) is 6.42. The van der Waals surface area contributed by atoms with Crippen LogP contribution in [0.5, 0.6) is 11.5 Å². The number of carbonyl (C=O) groups excluding carboxylic acids is 1. The number of amides is 1. The fraction of sp³-hybridized carbons (Fsp3) is 0.320. The summed E-state index contributed by atoms with van der Waals surface area (Å²) in [7, 11) is 0. The zero-order valence-corrected chi connectivity index (χ0v) is 21.5. The molecule has 8 nitrogen and oxygen atoms in total. The van der Waals surface area contributed by atoms with E-state index in [0.29, 0.717) is 41.9 Å². The number of halogens is 1. The highest BCUT2D eigenvalue weighted by Crippen LogP contribution is 2.43. The lowest BCUT2D eigenvalue weighted by atomic mass is 9.94. The summed E-state index contributed by atoms with van der Waals surface area (Å²) < 4.78 is 14.1. The molecule has 9 heteroatoms. The molecule has 1 aliphatic heterocycles. The number of aromatic nitrogens is 3. The molecule has 0 saturated heterocycles. The van der Waals surface area contributed by atoms with Crippen LogP contribution in [0.3, 0.4) is 0 Å². The second kappa shape index (κ2) is 9.89. The van der Waals surface area contributed by atoms with Crippen molar-refractivity contribution in [2.45, 2.75) is 40.7 Å². The Hall–Kier alpha value is -3.33. The summed E-state index contributed by atoms with van der Waals surface area (Å²) in [5.74, 6) is 1.57. The van der Waals surface area contributed by atoms with Gasteiger partial charge in [0.1, 0.15) is 12.4 Å². The van der Waals surface area contributed by atoms with Gasteiger partial charge in [-0.2, -0.15) is 10.1 Å². The van der Waals surface area contributed by atoms with Crippen LogP contribution in [0.15, 0.2) is 52.4 Å². The van der Waals surface area contributed by atoms with Crippen molar-refractivity contribution in [3.8, 4) is 11.5 Å². The Morgan fingerprint density at radius 3 is 2.68 bits per heavy atom. The van der Waals surface area contributed by atoms with Gasteiger partial charge in [-0.05, 0) is 85.4 Å². The molecule has 3 aromatic rings. The van der Waals surface area contributed by atoms with Gasteiger partial charge in [-0.1, -0.05) is 12.1 Å². The van der Waals surface area contributed by atoms with Crippen molar-refractivity contribution in [1.82, 2.24) is 14.8 Å². The molecule has 1 aliphatic rings. The number of nitrogens with zero attached hydrogens (tertiary/aromatic N) is 3. The first-order chi connectivity index (χ1) is 16.3. The molecule has 4 rings (SSSR count). The first-order valence-corrected chi connectivity index (χ1v) is 12.0. The van der Waals surface area contributed by atoms with Gasteiger partial charge in [0.25, 0.3) is 5.91 Å². The Labute approximate surface area is 207 Å². The highest BCUT2D eigenvalue weighted by molar-refractivity contribution is 9.10. The zero-order valence-electron chi connectivity index (χ0n) is 19.9. The van der Waals surface area contributed by atoms with Gasteiger partial charge in [0.05, 0.1) is 23.3 Å². The monoisotopic (exact) mass is 525 g/mol. The third-order valence-electron chi connectivity index (χ3n) is 5.83. The molecule has 2 N–H and O–H groups in total. The van der Waals surface area contributed by atoms with Crippen molar-refractivity contribution in [3.63, 3.8) is 0 Å². The minimum atomic E-state index is -0.518. The lowest BCUT2D eigenvalue weighted by Gasteiger charge is -2.29. The molecule has 0 saturated carbocycles. The fourth-order valence-electron chi connectivity index (χ4n) is 4.06. The van der Waals surface area contributed by atoms with E-state index in [-0.39, 0.29) is 5.91 Å². The van der Waals surface area contributed by atoms with Gasteiger partial charge in [0.2, 0.25) is 5.95 Å². The minimum Gasteiger partial charge on any atom is -0.490 e. The standard InChI is InChI=1S/C25H28BrN5O3/c1-6-33-20-12-17(11-18(26)23(20)34-7-2)22-21(16(5)29-25-27-13-28-31(22)25)24(32)30-19-10-8-9-14(3)15(19)4/h8-13,22H,6-7H2,1-5H3,(H,30,32)(H,27,28,29). The maximum atomic E-state index is 13.7. The van der Waals surface area contributed by atoms with Crippen molar-refractivity contribution in [1.29, 1.82) is 0 Å². The number of carbonyl (C=O) groups is 1. The number of ether oxygens (including phenoxy) is 2. The molecule has 2 heterocycles. The number of hydrogen-bond donors (Lipinski definition) is 2. The Morgan fingerprint density at radius 1 is 1.18 bits per heavy atom. The van der Waals surface area contributed by atoms with Crippen LogP contribution in [0.25, 0.3) is 0 Å². The lowest BCUT2D eigenvalue weighted by molar-refractivity contribution is -0.113. The molecule has 1 aromatic heterocycles. The smallest absolute Gasteiger partial charge is 0.255 e. The molecule has 0 fully saturated rings. The summed E-state index contributed by atoms with van der Waals surface area (Å²) in [6.07, 6.45) is 1.47. The van der Waals surface area contributed by atoms with Gasteiger partial charge < -0.3 is 20.1 Å². The second-order valence-electron chi connectivity index (χ2n) is 7.99. The average Bonchev–Trinajstić information content (AvgIpc) is 3.26. The molecule has 178 valence electrons. The van der Waals surface area contributed by atoms with Gasteiger partial charge in [0, 0.05) is 11.4 Å². The molecule has 0 radical (unpaired) electrons. The maximum Gasteiger partial charge on any atom is 0.255 e. The van der Waals surface area contributed by atoms with Crippen LogP contribution < -0.4 is 20.1 Å². The summed E-state index contributed by atoms with van der Waals surface area (Å²) in [6, 6.07) is 9.18. The highest BCUT2D eigenvalue weighted by Gasteiger charge is 2.34. The van der Waals surface area contributed by atoms with E-state index in [0.717, 1.165) is 26.9 Å². The van der Waals surface area contributed by atoms with Crippen LogP contribution in [0.4, 0.5) is 11.6 Å². The van der Waals surface area contributed by atoms with Gasteiger partial charge in [-0.3, -0.25) is 4.79 Å². The van der Waals surface area contributed by atoms with Crippen LogP contribution in [-0.4, -0.2) is 33.9 Å². The highest BCUT2D eigenvalue weighted by atomic mass is 79.9. The Balaban J connectivity index is 1.82. The molecule has 0 aliphatic carbocycles. The number of benzene rings is 2. The number of hydrogen-bond acceptors (Lipinski definition) is 6. The number of rotatable bonds is 7. The van der Waals surface area contributed by atoms with E-state index < -0.39 is 6.04 Å². The number of aryl methyl sites for hydroxylation is 1. The predicted octanol–water partition coefficient (Wildman–Crippen LogP) is 5.38. The SMILES string of the molecule is CCOc1cc(C2C(C(=O)Nc3cccc(C)c3C)=C(C)Nc3ncnn32)cc(Br)c1OCC. The van der Waals surface area contributed by atoms with Crippen molar-refractivity contribution in [2.75, 3.05) is 23.8 Å². The third kappa shape index (κ3) is 4.40. The van der Waals surface area contributed by atoms with Crippen molar-refractivity contribution in [3.05, 3.63) is 69.1 Å². The predicted molar refractivity (Wildman–Crippen MR) is 136 cm³/mol. The van der Waals surface area contributed by atoms with E-state index >= 15 is 0 Å². The first-order valence-electron chi connectivity index (χ1n) is 11.2. The molecule has 0 spiro atoms. The van der Waals surface area contributed by atoms with E-state index in [4.69, 9.17) is 9.47 Å². The number of anilines is 2. The fourth-order valence-corrected chi connectivity index (χ4v) is 4.64. The van der Waals surface area contributed by atoms with Crippen molar-refractivity contribution >= 4 is 33.5 Å². The molecule has 1 unspecified atom stereocenters. The minimum absolute atomic E-state index is 0.215. The summed E-state index contributed by atoms with van der Waals surface area (Å²) in [6.45, 7) is 10.7. The molecule has 2 aromatic carbocycles. The van der Waals surface area contributed by atoms with E-state index in [9.17, 15) is 4.79 Å². The topological polar surface area (TPSA) is 90.3 Å². The molecule has 1 amide bonds. The quantitative estimate of drug-likeness (QED) is 0.430. The summed E-state index contributed by atoms with van der Waals surface area (Å²) in [5.41, 5.74) is 4.97. The number of fused-ring (bicyclic) bond motifs is 1. The van der Waals surface area contributed by atoms with Gasteiger partial charge in [0.15, 0.2) is 11.5 Å². The Kier molecular flexibility index (Phi) is 6.92. The van der Waals surface area contributed by atoms with Crippen LogP contribution in [-0.2, 0) is 4.79 Å². The molecular formula is C25H28BrN5O3. The van der Waals surface area contributed by atoms with Gasteiger partial charge in [-0.25, -0.2) is 4.68 Å². The number of nitrogens with one attached hydrogen (secondary N) is 2. The van der Waals surface area contributed by atoms with E-state index in [1.54, 1.807) is 4.68 Å². The summed E-state index contributed by atoms with van der Waals surface area (Å²) in [5, 5.41) is 10.7. The summed E-state index contributed by atoms with van der Waals surface area (Å²) >= 11 is 3.63. The normalized spacial score (nSPS) is 14.9. The van der Waals surface area contributed by atoms with Crippen LogP contribution in [0.2, 0.25) is 0 Å². The van der Waals surface area contributed by atoms with Crippen LogP contribution in [0, 0.1) is 13.8 Å². The summed E-state index contributed by atoms with van der Waals surface area (Å²) in [4.78, 5) is 18.0. The zero-order chi connectivity index (χ0) is 24.4. The van der Waals surface area contributed by atoms with Crippen LogP contribution >= 0.6 is 15.9 Å². The molecular weight excluding hydrogens is 498 g/mol. The molecule has 0 bridgehead atoms. The van der Waals surface area contributed by atoms with Gasteiger partial charge in [-0.15, -0.1) is 0 Å². The second-order valence-corrected chi connectivity index (χ2v) is 8.85. The van der Waals surface area contributed by atoms with Gasteiger partial charge >= 0.3 is 0 Å². The first kappa shape index (κ1) is 23.8.